The molecule has 1 N–H and O–H groups in total. The van der Waals surface area contributed by atoms with Crippen LogP contribution in [0.25, 0.3) is 0 Å². The van der Waals surface area contributed by atoms with Crippen molar-refractivity contribution in [3.8, 4) is 0 Å². The van der Waals surface area contributed by atoms with Crippen LogP contribution in [-0.4, -0.2) is 12.6 Å². The number of hydrogen-bond acceptors (Lipinski definition) is 1. The highest BCUT2D eigenvalue weighted by Crippen LogP contribution is 2.03. The molecule has 0 radical (unpaired) electrons. The minimum Gasteiger partial charge on any atom is -0.314 e. The first kappa shape index (κ1) is 11.7. The molecule has 1 atom stereocenters. The fourth-order valence-electron chi connectivity index (χ4n) is 1.23. The van der Waals surface area contributed by atoms with Crippen LogP contribution in [-0.2, 0) is 0 Å². The Labute approximate surface area is 77.2 Å². The topological polar surface area (TPSA) is 12.0 Å². The summed E-state index contributed by atoms with van der Waals surface area (Å²) in [5, 5.41) is 3.48. The van der Waals surface area contributed by atoms with Gasteiger partial charge in [-0.25, -0.2) is 0 Å². The van der Waals surface area contributed by atoms with Crippen LogP contribution in [0.2, 0.25) is 0 Å². The third-order valence-corrected chi connectivity index (χ3v) is 2.04. The molecule has 0 aromatic rings. The predicted molar refractivity (Wildman–Crippen MR) is 56.4 cm³/mol. The number of allylic oxidation sites excluding steroid dienone is 1. The van der Waals surface area contributed by atoms with Gasteiger partial charge in [0, 0.05) is 6.04 Å². The molecule has 0 bridgehead atoms. The molecular weight excluding hydrogens is 146 g/mol. The van der Waals surface area contributed by atoms with E-state index in [0.717, 1.165) is 6.54 Å². The van der Waals surface area contributed by atoms with Gasteiger partial charge in [-0.05, 0) is 39.2 Å². The van der Waals surface area contributed by atoms with Crippen LogP contribution in [0.1, 0.15) is 46.0 Å². The normalized spacial score (nSPS) is 12.8. The van der Waals surface area contributed by atoms with Gasteiger partial charge in [0.2, 0.25) is 0 Å². The van der Waals surface area contributed by atoms with E-state index in [0.29, 0.717) is 6.04 Å². The predicted octanol–water partition coefficient (Wildman–Crippen LogP) is 3.12. The molecule has 0 saturated heterocycles. The van der Waals surface area contributed by atoms with Crippen LogP contribution in [0.5, 0.6) is 0 Å². The van der Waals surface area contributed by atoms with Gasteiger partial charge in [0.05, 0.1) is 0 Å². The molecule has 0 aliphatic heterocycles. The average molecular weight is 169 g/mol. The molecule has 0 fully saturated rings. The zero-order valence-electron chi connectivity index (χ0n) is 8.60. The van der Waals surface area contributed by atoms with E-state index in [1.54, 1.807) is 0 Å². The number of nitrogens with one attached hydrogen (secondary N) is 1. The van der Waals surface area contributed by atoms with Gasteiger partial charge in [0.25, 0.3) is 0 Å². The summed E-state index contributed by atoms with van der Waals surface area (Å²) < 4.78 is 0. The molecule has 0 aromatic carbocycles. The fraction of sp³-hybridized carbons (Fsp3) is 0.818. The summed E-state index contributed by atoms with van der Waals surface area (Å²) in [7, 11) is 0. The van der Waals surface area contributed by atoms with Gasteiger partial charge in [-0.1, -0.05) is 19.4 Å². The van der Waals surface area contributed by atoms with E-state index in [2.05, 4.69) is 25.7 Å². The van der Waals surface area contributed by atoms with Crippen molar-refractivity contribution in [1.82, 2.24) is 5.32 Å². The Morgan fingerprint density at radius 1 is 1.42 bits per heavy atom. The molecule has 72 valence electrons. The Bertz CT molecular complexity index is 99.2. The van der Waals surface area contributed by atoms with Gasteiger partial charge in [0.15, 0.2) is 0 Å². The van der Waals surface area contributed by atoms with Crippen LogP contribution in [0.4, 0.5) is 0 Å². The molecule has 0 amide bonds. The van der Waals surface area contributed by atoms with Crippen molar-refractivity contribution in [2.45, 2.75) is 52.0 Å². The van der Waals surface area contributed by atoms with Crippen molar-refractivity contribution >= 4 is 0 Å². The van der Waals surface area contributed by atoms with E-state index in [1.807, 2.05) is 6.08 Å². The first-order valence-corrected chi connectivity index (χ1v) is 5.15. The Hall–Kier alpha value is -0.300. The van der Waals surface area contributed by atoms with Crippen LogP contribution in [0, 0.1) is 0 Å². The lowest BCUT2D eigenvalue weighted by Gasteiger charge is -2.11. The summed E-state index contributed by atoms with van der Waals surface area (Å²) in [6, 6.07) is 0.690. The zero-order chi connectivity index (χ0) is 9.23. The second-order valence-electron chi connectivity index (χ2n) is 3.43. The Kier molecular flexibility index (Phi) is 8.57. The quantitative estimate of drug-likeness (QED) is 0.435. The monoisotopic (exact) mass is 169 g/mol. The number of unbranched alkanes of at least 4 members (excludes halogenated alkanes) is 2. The summed E-state index contributed by atoms with van der Waals surface area (Å²) in [6.07, 6.45) is 8.32. The summed E-state index contributed by atoms with van der Waals surface area (Å²) in [5.41, 5.74) is 0. The fourth-order valence-corrected chi connectivity index (χ4v) is 1.23. The maximum atomic E-state index is 3.71. The molecule has 0 aliphatic carbocycles. The van der Waals surface area contributed by atoms with Gasteiger partial charge in [0.1, 0.15) is 0 Å². The second kappa shape index (κ2) is 8.79. The molecule has 0 rings (SSSR count). The standard InChI is InChI=1S/C11H23N/c1-4-6-7-8-9-11(3)12-10-5-2/h4,11-12H,1,5-10H2,2-3H3. The Balaban J connectivity index is 3.07. The third-order valence-electron chi connectivity index (χ3n) is 2.04. The highest BCUT2D eigenvalue weighted by Gasteiger charge is 1.98. The highest BCUT2D eigenvalue weighted by atomic mass is 14.9. The van der Waals surface area contributed by atoms with Crippen LogP contribution >= 0.6 is 0 Å². The van der Waals surface area contributed by atoms with Crippen molar-refractivity contribution in [3.05, 3.63) is 12.7 Å². The molecule has 0 aliphatic rings. The first-order valence-electron chi connectivity index (χ1n) is 5.15. The Morgan fingerprint density at radius 3 is 2.75 bits per heavy atom. The van der Waals surface area contributed by atoms with Crippen LogP contribution in [0.3, 0.4) is 0 Å². The number of rotatable bonds is 8. The van der Waals surface area contributed by atoms with Gasteiger partial charge < -0.3 is 5.32 Å². The van der Waals surface area contributed by atoms with Crippen LogP contribution in [0.15, 0.2) is 12.7 Å². The molecule has 0 aromatic heterocycles. The molecule has 1 heteroatoms. The van der Waals surface area contributed by atoms with Crippen molar-refractivity contribution in [3.63, 3.8) is 0 Å². The minimum atomic E-state index is 0.690. The second-order valence-corrected chi connectivity index (χ2v) is 3.43. The summed E-state index contributed by atoms with van der Waals surface area (Å²) in [6.45, 7) is 9.34. The SMILES string of the molecule is C=CCCCCC(C)NCCC. The molecule has 0 saturated carbocycles. The van der Waals surface area contributed by atoms with Crippen LogP contribution < -0.4 is 5.32 Å². The smallest absolute Gasteiger partial charge is 0.00387 e. The largest absolute Gasteiger partial charge is 0.314 e. The minimum absolute atomic E-state index is 0.690. The lowest BCUT2D eigenvalue weighted by Crippen LogP contribution is -2.26. The van der Waals surface area contributed by atoms with Gasteiger partial charge in [-0.2, -0.15) is 0 Å². The lowest BCUT2D eigenvalue weighted by atomic mass is 10.1. The first-order chi connectivity index (χ1) is 5.81. The Morgan fingerprint density at radius 2 is 2.17 bits per heavy atom. The van der Waals surface area contributed by atoms with Gasteiger partial charge in [-0.3, -0.25) is 0 Å². The van der Waals surface area contributed by atoms with Crippen molar-refractivity contribution in [2.75, 3.05) is 6.54 Å². The van der Waals surface area contributed by atoms with E-state index >= 15 is 0 Å². The summed E-state index contributed by atoms with van der Waals surface area (Å²) in [5.74, 6) is 0. The average Bonchev–Trinajstić information content (AvgIpc) is 2.09. The molecule has 1 nitrogen and oxygen atoms in total. The third kappa shape index (κ3) is 7.80. The van der Waals surface area contributed by atoms with E-state index in [9.17, 15) is 0 Å². The summed E-state index contributed by atoms with van der Waals surface area (Å²) >= 11 is 0. The zero-order valence-corrected chi connectivity index (χ0v) is 8.60. The van der Waals surface area contributed by atoms with E-state index < -0.39 is 0 Å². The van der Waals surface area contributed by atoms with Crippen molar-refractivity contribution in [1.29, 1.82) is 0 Å². The molecule has 12 heavy (non-hydrogen) atoms. The van der Waals surface area contributed by atoms with E-state index in [1.165, 1.54) is 32.1 Å². The van der Waals surface area contributed by atoms with E-state index in [-0.39, 0.29) is 0 Å². The van der Waals surface area contributed by atoms with Gasteiger partial charge in [-0.15, -0.1) is 6.58 Å². The van der Waals surface area contributed by atoms with E-state index in [4.69, 9.17) is 0 Å². The van der Waals surface area contributed by atoms with Gasteiger partial charge >= 0.3 is 0 Å². The maximum Gasteiger partial charge on any atom is 0.00387 e. The molecule has 1 unspecified atom stereocenters. The maximum absolute atomic E-state index is 3.71. The lowest BCUT2D eigenvalue weighted by molar-refractivity contribution is 0.491. The number of hydrogen-bond donors (Lipinski definition) is 1. The summed E-state index contributed by atoms with van der Waals surface area (Å²) in [4.78, 5) is 0. The molecular formula is C11H23N. The van der Waals surface area contributed by atoms with Crippen molar-refractivity contribution < 1.29 is 0 Å². The highest BCUT2D eigenvalue weighted by molar-refractivity contribution is 4.67. The molecule has 0 heterocycles. The molecule has 0 spiro atoms. The van der Waals surface area contributed by atoms with Crippen molar-refractivity contribution in [2.24, 2.45) is 0 Å².